The van der Waals surface area contributed by atoms with Gasteiger partial charge in [-0.25, -0.2) is 0 Å². The first-order valence-electron chi connectivity index (χ1n) is 8.21. The zero-order valence-corrected chi connectivity index (χ0v) is 15.7. The van der Waals surface area contributed by atoms with Crippen LogP contribution in [-0.2, 0) is 4.79 Å². The van der Waals surface area contributed by atoms with Crippen molar-refractivity contribution in [2.75, 3.05) is 11.4 Å². The molecule has 5 heteroatoms. The average molecular weight is 377 g/mol. The van der Waals surface area contributed by atoms with Crippen molar-refractivity contribution in [2.45, 2.75) is 25.7 Å². The standard InChI is InChI=1S/C20H22Cl2N2O/c1-3-8-15(20(23)25)14-9-5-6-12-18(14)24(13-4-2)19-16(21)10-7-11-17(19)22/h4-7,9-12,15H,2-3,8,13H2,1H3,(H2,23,25). The molecule has 3 nitrogen and oxygen atoms in total. The number of anilines is 2. The zero-order valence-electron chi connectivity index (χ0n) is 14.2. The number of carbonyl (C=O) groups excluding carboxylic acids is 1. The van der Waals surface area contributed by atoms with Gasteiger partial charge in [-0.3, -0.25) is 4.79 Å². The lowest BCUT2D eigenvalue weighted by Gasteiger charge is -2.29. The second-order valence-electron chi connectivity index (χ2n) is 5.77. The van der Waals surface area contributed by atoms with E-state index < -0.39 is 0 Å². The van der Waals surface area contributed by atoms with E-state index in [2.05, 4.69) is 6.58 Å². The Morgan fingerprint density at radius 1 is 1.20 bits per heavy atom. The number of primary amides is 1. The summed E-state index contributed by atoms with van der Waals surface area (Å²) in [5, 5.41) is 1.07. The van der Waals surface area contributed by atoms with E-state index >= 15 is 0 Å². The SMILES string of the molecule is C=CCN(c1ccccc1C(CCC)C(N)=O)c1c(Cl)cccc1Cl. The molecule has 0 aliphatic rings. The summed E-state index contributed by atoms with van der Waals surface area (Å²) < 4.78 is 0. The zero-order chi connectivity index (χ0) is 18.4. The van der Waals surface area contributed by atoms with Crippen LogP contribution in [0.3, 0.4) is 0 Å². The van der Waals surface area contributed by atoms with Gasteiger partial charge in [-0.1, -0.05) is 66.9 Å². The molecule has 0 bridgehead atoms. The van der Waals surface area contributed by atoms with E-state index in [0.717, 1.165) is 17.7 Å². The summed E-state index contributed by atoms with van der Waals surface area (Å²) >= 11 is 12.8. The van der Waals surface area contributed by atoms with Crippen molar-refractivity contribution in [2.24, 2.45) is 5.73 Å². The lowest BCUT2D eigenvalue weighted by molar-refractivity contribution is -0.119. The van der Waals surface area contributed by atoms with E-state index in [0.29, 0.717) is 28.7 Å². The minimum atomic E-state index is -0.366. The molecule has 0 spiro atoms. The first-order valence-corrected chi connectivity index (χ1v) is 8.97. The van der Waals surface area contributed by atoms with Crippen molar-refractivity contribution in [3.05, 3.63) is 70.7 Å². The van der Waals surface area contributed by atoms with Crippen molar-refractivity contribution in [1.29, 1.82) is 0 Å². The normalized spacial score (nSPS) is 11.8. The minimum Gasteiger partial charge on any atom is -0.369 e. The molecule has 0 aliphatic carbocycles. The molecule has 0 heterocycles. The van der Waals surface area contributed by atoms with Crippen LogP contribution < -0.4 is 10.6 Å². The third-order valence-corrected chi connectivity index (χ3v) is 4.65. The monoisotopic (exact) mass is 376 g/mol. The van der Waals surface area contributed by atoms with E-state index in [9.17, 15) is 4.79 Å². The molecule has 132 valence electrons. The van der Waals surface area contributed by atoms with Crippen LogP contribution in [0.4, 0.5) is 11.4 Å². The van der Waals surface area contributed by atoms with Gasteiger partial charge in [0, 0.05) is 12.2 Å². The lowest BCUT2D eigenvalue weighted by Crippen LogP contribution is -2.25. The second-order valence-corrected chi connectivity index (χ2v) is 6.59. The molecule has 2 aromatic rings. The van der Waals surface area contributed by atoms with Crippen molar-refractivity contribution in [3.8, 4) is 0 Å². The van der Waals surface area contributed by atoms with Gasteiger partial charge in [0.15, 0.2) is 0 Å². The van der Waals surface area contributed by atoms with E-state index in [1.807, 2.05) is 36.1 Å². The predicted octanol–water partition coefficient (Wildman–Crippen LogP) is 5.69. The van der Waals surface area contributed by atoms with E-state index in [-0.39, 0.29) is 11.8 Å². The van der Waals surface area contributed by atoms with Crippen LogP contribution in [-0.4, -0.2) is 12.5 Å². The summed E-state index contributed by atoms with van der Waals surface area (Å²) in [6.07, 6.45) is 3.32. The van der Waals surface area contributed by atoms with Crippen molar-refractivity contribution >= 4 is 40.5 Å². The fourth-order valence-electron chi connectivity index (χ4n) is 2.95. The van der Waals surface area contributed by atoms with Gasteiger partial charge < -0.3 is 10.6 Å². The number of nitrogens with zero attached hydrogens (tertiary/aromatic N) is 1. The second kappa shape index (κ2) is 8.93. The Bertz CT molecular complexity index is 741. The largest absolute Gasteiger partial charge is 0.369 e. The Morgan fingerprint density at radius 3 is 2.40 bits per heavy atom. The highest BCUT2D eigenvalue weighted by atomic mass is 35.5. The maximum atomic E-state index is 12.0. The Labute approximate surface area is 159 Å². The van der Waals surface area contributed by atoms with Crippen LogP contribution in [0.5, 0.6) is 0 Å². The lowest BCUT2D eigenvalue weighted by atomic mass is 9.91. The highest BCUT2D eigenvalue weighted by Gasteiger charge is 2.24. The molecular weight excluding hydrogens is 355 g/mol. The summed E-state index contributed by atoms with van der Waals surface area (Å²) in [4.78, 5) is 14.0. The van der Waals surface area contributed by atoms with Gasteiger partial charge in [0.25, 0.3) is 0 Å². The molecule has 0 saturated carbocycles. The van der Waals surface area contributed by atoms with E-state index in [4.69, 9.17) is 28.9 Å². The van der Waals surface area contributed by atoms with Gasteiger partial charge in [-0.2, -0.15) is 0 Å². The molecule has 25 heavy (non-hydrogen) atoms. The average Bonchev–Trinajstić information content (AvgIpc) is 2.58. The number of hydrogen-bond donors (Lipinski definition) is 1. The fraction of sp³-hybridized carbons (Fsp3) is 0.250. The Hall–Kier alpha value is -1.97. The molecule has 2 N–H and O–H groups in total. The minimum absolute atomic E-state index is 0.335. The van der Waals surface area contributed by atoms with Crippen LogP contribution in [0.25, 0.3) is 0 Å². The Morgan fingerprint density at radius 2 is 1.84 bits per heavy atom. The summed E-state index contributed by atoms with van der Waals surface area (Å²) in [6, 6.07) is 13.1. The van der Waals surface area contributed by atoms with Gasteiger partial charge >= 0.3 is 0 Å². The number of amides is 1. The van der Waals surface area contributed by atoms with Crippen LogP contribution >= 0.6 is 23.2 Å². The maximum absolute atomic E-state index is 12.0. The molecule has 1 atom stereocenters. The molecule has 0 aromatic heterocycles. The Kier molecular flexibility index (Phi) is 6.91. The number of benzene rings is 2. The van der Waals surface area contributed by atoms with Gasteiger partial charge in [0.2, 0.25) is 5.91 Å². The number of halogens is 2. The Balaban J connectivity index is 2.64. The molecule has 0 fully saturated rings. The third kappa shape index (κ3) is 4.36. The first kappa shape index (κ1) is 19.4. The first-order chi connectivity index (χ1) is 12.0. The maximum Gasteiger partial charge on any atom is 0.225 e. The topological polar surface area (TPSA) is 46.3 Å². The van der Waals surface area contributed by atoms with Crippen LogP contribution in [0, 0.1) is 0 Å². The number of hydrogen-bond acceptors (Lipinski definition) is 2. The number of rotatable bonds is 8. The summed E-state index contributed by atoms with van der Waals surface area (Å²) in [5.41, 5.74) is 8.09. The number of para-hydroxylation sites is 2. The third-order valence-electron chi connectivity index (χ3n) is 4.04. The van der Waals surface area contributed by atoms with Crippen molar-refractivity contribution in [3.63, 3.8) is 0 Å². The smallest absolute Gasteiger partial charge is 0.225 e. The highest BCUT2D eigenvalue weighted by molar-refractivity contribution is 6.39. The van der Waals surface area contributed by atoms with Gasteiger partial charge in [0.1, 0.15) is 0 Å². The molecule has 1 unspecified atom stereocenters. The highest BCUT2D eigenvalue weighted by Crippen LogP contribution is 2.41. The summed E-state index contributed by atoms with van der Waals surface area (Å²) in [7, 11) is 0. The molecule has 0 saturated heterocycles. The molecule has 1 amide bonds. The van der Waals surface area contributed by atoms with Crippen LogP contribution in [0.15, 0.2) is 55.1 Å². The summed E-state index contributed by atoms with van der Waals surface area (Å²) in [6.45, 7) is 6.37. The van der Waals surface area contributed by atoms with Crippen LogP contribution in [0.2, 0.25) is 10.0 Å². The van der Waals surface area contributed by atoms with E-state index in [1.165, 1.54) is 0 Å². The van der Waals surface area contributed by atoms with Gasteiger partial charge in [-0.15, -0.1) is 6.58 Å². The quantitative estimate of drug-likeness (QED) is 0.601. The molecule has 0 radical (unpaired) electrons. The van der Waals surface area contributed by atoms with Crippen molar-refractivity contribution < 1.29 is 4.79 Å². The predicted molar refractivity (Wildman–Crippen MR) is 107 cm³/mol. The van der Waals surface area contributed by atoms with Gasteiger partial charge in [0.05, 0.1) is 21.7 Å². The fourth-order valence-corrected chi connectivity index (χ4v) is 3.56. The number of nitrogens with two attached hydrogens (primary N) is 1. The number of carbonyl (C=O) groups is 1. The molecular formula is C20H22Cl2N2O. The van der Waals surface area contributed by atoms with Gasteiger partial charge in [-0.05, 0) is 30.2 Å². The van der Waals surface area contributed by atoms with Crippen molar-refractivity contribution in [1.82, 2.24) is 0 Å². The van der Waals surface area contributed by atoms with Crippen LogP contribution in [0.1, 0.15) is 31.2 Å². The summed E-state index contributed by atoms with van der Waals surface area (Å²) in [5.74, 6) is -0.701. The molecule has 2 rings (SSSR count). The molecule has 2 aromatic carbocycles. The molecule has 0 aliphatic heterocycles. The van der Waals surface area contributed by atoms with E-state index in [1.54, 1.807) is 24.3 Å².